The molecule has 0 spiro atoms. The van der Waals surface area contributed by atoms with E-state index < -0.39 is 5.97 Å². The number of halogens is 1. The van der Waals surface area contributed by atoms with Crippen molar-refractivity contribution >= 4 is 29.6 Å². The Bertz CT molecular complexity index is 962. The lowest BCUT2D eigenvalue weighted by Crippen LogP contribution is -2.06. The maximum absolute atomic E-state index is 13.3. The Balaban J connectivity index is 2.24. The second kappa shape index (κ2) is 8.15. The molecule has 1 heterocycles. The molecule has 142 valence electrons. The van der Waals surface area contributed by atoms with E-state index in [1.165, 1.54) is 12.1 Å². The summed E-state index contributed by atoms with van der Waals surface area (Å²) in [6, 6.07) is 9.58. The molecule has 0 aliphatic carbocycles. The lowest BCUT2D eigenvalue weighted by atomic mass is 9.99. The van der Waals surface area contributed by atoms with E-state index in [1.54, 1.807) is 19.1 Å². The Morgan fingerprint density at radius 1 is 1.26 bits per heavy atom. The predicted octanol–water partition coefficient (Wildman–Crippen LogP) is 5.69. The molecule has 0 aliphatic rings. The highest BCUT2D eigenvalue weighted by atomic mass is 32.1. The van der Waals surface area contributed by atoms with Crippen LogP contribution < -0.4 is 0 Å². The van der Waals surface area contributed by atoms with Gasteiger partial charge >= 0.3 is 5.97 Å². The molecule has 3 aromatic rings. The first-order valence-electron chi connectivity index (χ1n) is 8.68. The van der Waals surface area contributed by atoms with E-state index in [9.17, 15) is 9.18 Å². The number of carbonyl (C=O) groups is 1. The first-order valence-corrected chi connectivity index (χ1v) is 9.32. The monoisotopic (exact) mass is 388 g/mol. The van der Waals surface area contributed by atoms with E-state index in [-0.39, 0.29) is 24.5 Å². The number of hydrogen-bond acceptors (Lipinski definition) is 5. The third-order valence-electron chi connectivity index (χ3n) is 4.43. The molecule has 27 heavy (non-hydrogen) atoms. The van der Waals surface area contributed by atoms with E-state index in [0.29, 0.717) is 27.9 Å². The molecule has 3 rings (SSSR count). The standard InChI is InChI=1S/C21H21FO4S/c1-4-24-21(23)19-17-10-16(13(3)25-11-27)12(2)9-18(17)26-20(19)14-5-7-15(22)8-6-14/h5-10,13,27H,4,11H2,1-3H3/t13-/m1/s1. The SMILES string of the molecule is CCOC(=O)c1c(-c2ccc(F)cc2)oc2cc(C)c([C@@H](C)OCS)cc12. The van der Waals surface area contributed by atoms with Crippen LogP contribution in [0.1, 0.15) is 41.4 Å². The Hall–Kier alpha value is -2.31. The van der Waals surface area contributed by atoms with E-state index >= 15 is 0 Å². The number of esters is 1. The summed E-state index contributed by atoms with van der Waals surface area (Å²) in [7, 11) is 0. The fourth-order valence-electron chi connectivity index (χ4n) is 3.11. The summed E-state index contributed by atoms with van der Waals surface area (Å²) in [5, 5.41) is 0.642. The van der Waals surface area contributed by atoms with Gasteiger partial charge in [0.05, 0.1) is 18.6 Å². The molecule has 0 saturated heterocycles. The van der Waals surface area contributed by atoms with Gasteiger partial charge in [0.15, 0.2) is 0 Å². The van der Waals surface area contributed by atoms with Gasteiger partial charge in [0.2, 0.25) is 0 Å². The first kappa shape index (κ1) is 19.5. The maximum atomic E-state index is 13.3. The molecule has 0 amide bonds. The molecule has 0 N–H and O–H groups in total. The average Bonchev–Trinajstić information content (AvgIpc) is 3.00. The van der Waals surface area contributed by atoms with Gasteiger partial charge in [-0.05, 0) is 68.3 Å². The van der Waals surface area contributed by atoms with Gasteiger partial charge in [0.25, 0.3) is 0 Å². The third kappa shape index (κ3) is 3.87. The highest BCUT2D eigenvalue weighted by molar-refractivity contribution is 7.80. The Morgan fingerprint density at radius 2 is 1.96 bits per heavy atom. The molecule has 0 bridgehead atoms. The molecule has 0 radical (unpaired) electrons. The summed E-state index contributed by atoms with van der Waals surface area (Å²) in [4.78, 5) is 12.7. The zero-order valence-electron chi connectivity index (χ0n) is 15.4. The van der Waals surface area contributed by atoms with Crippen LogP contribution in [0.2, 0.25) is 0 Å². The molecule has 0 saturated carbocycles. The number of rotatable bonds is 6. The number of carbonyl (C=O) groups excluding carboxylic acids is 1. The Kier molecular flexibility index (Phi) is 5.87. The number of aryl methyl sites for hydroxylation is 1. The van der Waals surface area contributed by atoms with Crippen molar-refractivity contribution in [3.63, 3.8) is 0 Å². The van der Waals surface area contributed by atoms with Gasteiger partial charge in [-0.25, -0.2) is 9.18 Å². The topological polar surface area (TPSA) is 48.7 Å². The van der Waals surface area contributed by atoms with Crippen molar-refractivity contribution < 1.29 is 23.1 Å². The average molecular weight is 388 g/mol. The smallest absolute Gasteiger partial charge is 0.342 e. The molecule has 0 unspecified atom stereocenters. The lowest BCUT2D eigenvalue weighted by molar-refractivity contribution is 0.0528. The lowest BCUT2D eigenvalue weighted by Gasteiger charge is -2.14. The van der Waals surface area contributed by atoms with E-state index in [2.05, 4.69) is 12.6 Å². The quantitative estimate of drug-likeness (QED) is 0.335. The Labute approximate surface area is 162 Å². The minimum absolute atomic E-state index is 0.189. The molecule has 0 fully saturated rings. The highest BCUT2D eigenvalue weighted by Crippen LogP contribution is 2.37. The molecule has 0 aliphatic heterocycles. The fraction of sp³-hybridized carbons (Fsp3) is 0.286. The van der Waals surface area contributed by atoms with Crippen molar-refractivity contribution in [1.29, 1.82) is 0 Å². The zero-order valence-corrected chi connectivity index (χ0v) is 16.3. The van der Waals surface area contributed by atoms with Crippen LogP contribution >= 0.6 is 12.6 Å². The van der Waals surface area contributed by atoms with E-state index in [1.807, 2.05) is 26.0 Å². The van der Waals surface area contributed by atoms with Crippen molar-refractivity contribution in [1.82, 2.24) is 0 Å². The number of ether oxygens (including phenoxy) is 2. The van der Waals surface area contributed by atoms with Crippen LogP contribution in [-0.4, -0.2) is 18.5 Å². The molecule has 2 aromatic carbocycles. The van der Waals surface area contributed by atoms with Crippen LogP contribution in [0, 0.1) is 12.7 Å². The zero-order chi connectivity index (χ0) is 19.6. The maximum Gasteiger partial charge on any atom is 0.342 e. The largest absolute Gasteiger partial charge is 0.462 e. The second-order valence-electron chi connectivity index (χ2n) is 6.18. The summed E-state index contributed by atoms with van der Waals surface area (Å²) in [5.41, 5.74) is 3.42. The van der Waals surface area contributed by atoms with Crippen LogP contribution in [0.3, 0.4) is 0 Å². The van der Waals surface area contributed by atoms with Gasteiger partial charge in [-0.1, -0.05) is 0 Å². The summed E-state index contributed by atoms with van der Waals surface area (Å²) >= 11 is 4.11. The Morgan fingerprint density at radius 3 is 2.59 bits per heavy atom. The molecular formula is C21H21FO4S. The summed E-state index contributed by atoms with van der Waals surface area (Å²) in [6.45, 7) is 5.87. The van der Waals surface area contributed by atoms with Crippen LogP contribution in [0.4, 0.5) is 4.39 Å². The normalized spacial score (nSPS) is 12.3. The molecule has 1 aromatic heterocycles. The predicted molar refractivity (Wildman–Crippen MR) is 106 cm³/mol. The van der Waals surface area contributed by atoms with Crippen molar-refractivity contribution in [3.05, 3.63) is 58.9 Å². The minimum Gasteiger partial charge on any atom is -0.462 e. The van der Waals surface area contributed by atoms with Gasteiger partial charge in [0, 0.05) is 10.9 Å². The van der Waals surface area contributed by atoms with Gasteiger partial charge < -0.3 is 13.9 Å². The van der Waals surface area contributed by atoms with Crippen LogP contribution in [0.15, 0.2) is 40.8 Å². The third-order valence-corrected chi connectivity index (χ3v) is 4.57. The highest BCUT2D eigenvalue weighted by Gasteiger charge is 2.25. The molecule has 4 nitrogen and oxygen atoms in total. The second-order valence-corrected chi connectivity index (χ2v) is 6.43. The number of hydrogen-bond donors (Lipinski definition) is 1. The van der Waals surface area contributed by atoms with Crippen molar-refractivity contribution in [3.8, 4) is 11.3 Å². The molecule has 6 heteroatoms. The van der Waals surface area contributed by atoms with Crippen LogP contribution in [0.5, 0.6) is 0 Å². The number of furan rings is 1. The van der Waals surface area contributed by atoms with E-state index in [0.717, 1.165) is 11.1 Å². The minimum atomic E-state index is -0.479. The number of thiol groups is 1. The van der Waals surface area contributed by atoms with Crippen molar-refractivity contribution in [2.75, 3.05) is 12.5 Å². The van der Waals surface area contributed by atoms with Crippen molar-refractivity contribution in [2.24, 2.45) is 0 Å². The summed E-state index contributed by atoms with van der Waals surface area (Å²) in [6.07, 6.45) is -0.189. The van der Waals surface area contributed by atoms with Gasteiger partial charge in [-0.15, -0.1) is 0 Å². The van der Waals surface area contributed by atoms with E-state index in [4.69, 9.17) is 13.9 Å². The first-order chi connectivity index (χ1) is 13.0. The van der Waals surface area contributed by atoms with Crippen LogP contribution in [-0.2, 0) is 9.47 Å². The number of fused-ring (bicyclic) bond motifs is 1. The summed E-state index contributed by atoms with van der Waals surface area (Å²) < 4.78 is 30.1. The van der Waals surface area contributed by atoms with Gasteiger partial charge in [-0.3, -0.25) is 0 Å². The fourth-order valence-corrected chi connectivity index (χ4v) is 3.33. The summed E-state index contributed by atoms with van der Waals surface area (Å²) in [5.74, 6) is -0.186. The van der Waals surface area contributed by atoms with Gasteiger partial charge in [0.1, 0.15) is 22.7 Å². The van der Waals surface area contributed by atoms with Crippen LogP contribution in [0.25, 0.3) is 22.3 Å². The molecular weight excluding hydrogens is 367 g/mol. The van der Waals surface area contributed by atoms with Gasteiger partial charge in [-0.2, -0.15) is 12.6 Å². The number of benzene rings is 2. The molecule has 1 atom stereocenters. The van der Waals surface area contributed by atoms with Crippen molar-refractivity contribution in [2.45, 2.75) is 26.9 Å².